The Labute approximate surface area is 125 Å². The van der Waals surface area contributed by atoms with Crippen LogP contribution >= 0.6 is 11.3 Å². The van der Waals surface area contributed by atoms with E-state index in [4.69, 9.17) is 9.47 Å². The molecule has 0 bridgehead atoms. The van der Waals surface area contributed by atoms with Gasteiger partial charge in [0.1, 0.15) is 16.5 Å². The summed E-state index contributed by atoms with van der Waals surface area (Å²) in [5.74, 6) is 0.568. The summed E-state index contributed by atoms with van der Waals surface area (Å²) in [6.45, 7) is 2.97. The molecule has 0 N–H and O–H groups in total. The first-order chi connectivity index (χ1) is 10.2. The van der Waals surface area contributed by atoms with E-state index in [1.165, 1.54) is 11.3 Å². The molecule has 2 aromatic rings. The number of esters is 1. The largest absolute Gasteiger partial charge is 0.465 e. The summed E-state index contributed by atoms with van der Waals surface area (Å²) in [6, 6.07) is 0. The zero-order valence-corrected chi connectivity index (χ0v) is 12.6. The molecule has 2 aliphatic rings. The fourth-order valence-electron chi connectivity index (χ4n) is 2.71. The van der Waals surface area contributed by atoms with Gasteiger partial charge in [-0.3, -0.25) is 4.79 Å². The molecule has 1 saturated carbocycles. The van der Waals surface area contributed by atoms with Crippen molar-refractivity contribution in [1.29, 1.82) is 0 Å². The van der Waals surface area contributed by atoms with Crippen LogP contribution in [0.1, 0.15) is 49.5 Å². The second-order valence-corrected chi connectivity index (χ2v) is 6.42. The van der Waals surface area contributed by atoms with Gasteiger partial charge in [0.25, 0.3) is 0 Å². The third kappa shape index (κ3) is 1.96. The molecule has 21 heavy (non-hydrogen) atoms. The van der Waals surface area contributed by atoms with Gasteiger partial charge in [0.05, 0.1) is 6.61 Å². The van der Waals surface area contributed by atoms with Crippen LogP contribution in [0.5, 0.6) is 0 Å². The number of carbonyl (C=O) groups is 1. The Bertz CT molecular complexity index is 685. The van der Waals surface area contributed by atoms with E-state index in [1.54, 1.807) is 4.52 Å². The molecule has 1 atom stereocenters. The van der Waals surface area contributed by atoms with Crippen LogP contribution in [0.25, 0.3) is 4.96 Å². The minimum Gasteiger partial charge on any atom is -0.465 e. The summed E-state index contributed by atoms with van der Waals surface area (Å²) in [6.07, 6.45) is 3.53. The molecule has 2 fully saturated rings. The first kappa shape index (κ1) is 13.1. The van der Waals surface area contributed by atoms with Crippen molar-refractivity contribution in [2.24, 2.45) is 0 Å². The highest BCUT2D eigenvalue weighted by Gasteiger charge is 2.56. The quantitative estimate of drug-likeness (QED) is 0.799. The average molecular weight is 308 g/mol. The predicted octanol–water partition coefficient (Wildman–Crippen LogP) is 1.63. The molecule has 0 aromatic carbocycles. The predicted molar refractivity (Wildman–Crippen MR) is 74.1 cm³/mol. The SMILES string of the molecule is CCOC(=O)C1(c2nn3c(C4CCCO4)nnc3s2)CC1. The highest BCUT2D eigenvalue weighted by atomic mass is 32.1. The number of carbonyl (C=O) groups excluding carboxylic acids is 1. The normalized spacial score (nSPS) is 23.6. The van der Waals surface area contributed by atoms with Gasteiger partial charge in [-0.05, 0) is 32.6 Å². The molecule has 1 aliphatic carbocycles. The maximum atomic E-state index is 12.1. The van der Waals surface area contributed by atoms with Crippen molar-refractivity contribution in [3.63, 3.8) is 0 Å². The maximum Gasteiger partial charge on any atom is 0.319 e. The topological polar surface area (TPSA) is 78.6 Å². The van der Waals surface area contributed by atoms with E-state index in [0.717, 1.165) is 43.1 Å². The van der Waals surface area contributed by atoms with Crippen molar-refractivity contribution < 1.29 is 14.3 Å². The van der Waals surface area contributed by atoms with Crippen molar-refractivity contribution >= 4 is 22.3 Å². The van der Waals surface area contributed by atoms with Gasteiger partial charge in [-0.2, -0.15) is 9.61 Å². The maximum absolute atomic E-state index is 12.1. The molecule has 1 unspecified atom stereocenters. The Kier molecular flexibility index (Phi) is 2.97. The van der Waals surface area contributed by atoms with Crippen LogP contribution in [-0.2, 0) is 19.7 Å². The van der Waals surface area contributed by atoms with E-state index in [-0.39, 0.29) is 12.1 Å². The second kappa shape index (κ2) is 4.74. The van der Waals surface area contributed by atoms with Crippen molar-refractivity contribution in [1.82, 2.24) is 19.8 Å². The number of ether oxygens (including phenoxy) is 2. The molecular formula is C13H16N4O3S. The lowest BCUT2D eigenvalue weighted by Crippen LogP contribution is -2.23. The monoisotopic (exact) mass is 308 g/mol. The summed E-state index contributed by atoms with van der Waals surface area (Å²) in [5.41, 5.74) is -0.546. The molecule has 3 heterocycles. The van der Waals surface area contributed by atoms with Crippen LogP contribution in [-0.4, -0.2) is 39.0 Å². The third-order valence-corrected chi connectivity index (χ3v) is 5.16. The number of aromatic nitrogens is 4. The Morgan fingerprint density at radius 1 is 1.52 bits per heavy atom. The van der Waals surface area contributed by atoms with Gasteiger partial charge in [0.2, 0.25) is 4.96 Å². The summed E-state index contributed by atoms with van der Waals surface area (Å²) in [5, 5.41) is 13.7. The molecule has 2 aromatic heterocycles. The summed E-state index contributed by atoms with van der Waals surface area (Å²) >= 11 is 1.42. The van der Waals surface area contributed by atoms with Gasteiger partial charge in [0.15, 0.2) is 5.82 Å². The highest BCUT2D eigenvalue weighted by Crippen LogP contribution is 2.50. The van der Waals surface area contributed by atoms with Crippen LogP contribution in [0.15, 0.2) is 0 Å². The minimum atomic E-state index is -0.546. The van der Waals surface area contributed by atoms with Gasteiger partial charge in [-0.1, -0.05) is 11.3 Å². The Morgan fingerprint density at radius 2 is 2.38 bits per heavy atom. The molecule has 4 rings (SSSR count). The van der Waals surface area contributed by atoms with E-state index in [9.17, 15) is 4.79 Å². The Hall–Kier alpha value is -1.54. The lowest BCUT2D eigenvalue weighted by Gasteiger charge is -2.09. The average Bonchev–Trinajstić information content (AvgIpc) is 2.85. The lowest BCUT2D eigenvalue weighted by molar-refractivity contribution is -0.146. The van der Waals surface area contributed by atoms with Crippen LogP contribution in [0.3, 0.4) is 0 Å². The van der Waals surface area contributed by atoms with Crippen LogP contribution in [0.4, 0.5) is 0 Å². The van der Waals surface area contributed by atoms with E-state index >= 15 is 0 Å². The molecule has 0 radical (unpaired) electrons. The van der Waals surface area contributed by atoms with Crippen LogP contribution in [0.2, 0.25) is 0 Å². The summed E-state index contributed by atoms with van der Waals surface area (Å²) in [7, 11) is 0. The zero-order chi connectivity index (χ0) is 14.4. The van der Waals surface area contributed by atoms with E-state index in [1.807, 2.05) is 6.92 Å². The highest BCUT2D eigenvalue weighted by molar-refractivity contribution is 7.17. The number of hydrogen-bond acceptors (Lipinski definition) is 7. The van der Waals surface area contributed by atoms with Crippen molar-refractivity contribution in [3.8, 4) is 0 Å². The minimum absolute atomic E-state index is 0.0345. The number of nitrogens with zero attached hydrogens (tertiary/aromatic N) is 4. The smallest absolute Gasteiger partial charge is 0.319 e. The number of rotatable bonds is 4. The van der Waals surface area contributed by atoms with Crippen LogP contribution in [0, 0.1) is 0 Å². The fourth-order valence-corrected chi connectivity index (χ4v) is 3.79. The Morgan fingerprint density at radius 3 is 3.05 bits per heavy atom. The molecule has 0 amide bonds. The first-order valence-corrected chi connectivity index (χ1v) is 8.08. The fraction of sp³-hybridized carbons (Fsp3) is 0.692. The molecule has 112 valence electrons. The summed E-state index contributed by atoms with van der Waals surface area (Å²) in [4.78, 5) is 12.9. The molecule has 7 nitrogen and oxygen atoms in total. The molecular weight excluding hydrogens is 292 g/mol. The number of hydrogen-bond donors (Lipinski definition) is 0. The van der Waals surface area contributed by atoms with E-state index < -0.39 is 5.41 Å². The van der Waals surface area contributed by atoms with Gasteiger partial charge < -0.3 is 9.47 Å². The molecule has 1 saturated heterocycles. The van der Waals surface area contributed by atoms with Crippen molar-refractivity contribution in [3.05, 3.63) is 10.8 Å². The molecule has 0 spiro atoms. The number of fused-ring (bicyclic) bond motifs is 1. The van der Waals surface area contributed by atoms with E-state index in [0.29, 0.717) is 11.6 Å². The second-order valence-electron chi connectivity index (χ2n) is 5.46. The molecule has 8 heteroatoms. The van der Waals surface area contributed by atoms with E-state index in [2.05, 4.69) is 15.3 Å². The standard InChI is InChI=1S/C13H16N4O3S/c1-2-19-11(18)13(5-6-13)10-16-17-9(8-4-3-7-20-8)14-15-12(17)21-10/h8H,2-7H2,1H3. The van der Waals surface area contributed by atoms with Crippen molar-refractivity contribution in [2.75, 3.05) is 13.2 Å². The van der Waals surface area contributed by atoms with Gasteiger partial charge in [0, 0.05) is 6.61 Å². The lowest BCUT2D eigenvalue weighted by atomic mass is 10.1. The third-order valence-electron chi connectivity index (χ3n) is 4.06. The van der Waals surface area contributed by atoms with Crippen LogP contribution < -0.4 is 0 Å². The zero-order valence-electron chi connectivity index (χ0n) is 11.7. The van der Waals surface area contributed by atoms with Gasteiger partial charge in [-0.25, -0.2) is 0 Å². The molecule has 1 aliphatic heterocycles. The van der Waals surface area contributed by atoms with Gasteiger partial charge >= 0.3 is 5.97 Å². The van der Waals surface area contributed by atoms with Crippen molar-refractivity contribution in [2.45, 2.75) is 44.1 Å². The Balaban J connectivity index is 1.70. The first-order valence-electron chi connectivity index (χ1n) is 7.26. The van der Waals surface area contributed by atoms with Gasteiger partial charge in [-0.15, -0.1) is 10.2 Å². The summed E-state index contributed by atoms with van der Waals surface area (Å²) < 4.78 is 12.6.